The maximum atomic E-state index is 12.9. The molecule has 164 valence electrons. The summed E-state index contributed by atoms with van der Waals surface area (Å²) >= 11 is 5.76. The third kappa shape index (κ3) is 4.75. The van der Waals surface area contributed by atoms with Crippen LogP contribution in [0.15, 0.2) is 76.1 Å². The van der Waals surface area contributed by atoms with Crippen molar-refractivity contribution >= 4 is 28.2 Å². The van der Waals surface area contributed by atoms with Crippen LogP contribution >= 0.6 is 12.2 Å². The van der Waals surface area contributed by atoms with E-state index in [1.54, 1.807) is 6.26 Å². The molecule has 0 amide bonds. The molecule has 5 nitrogen and oxygen atoms in total. The van der Waals surface area contributed by atoms with Crippen molar-refractivity contribution in [1.82, 2.24) is 15.2 Å². The third-order valence-corrected chi connectivity index (χ3v) is 6.22. The van der Waals surface area contributed by atoms with Crippen LogP contribution in [0, 0.1) is 13.8 Å². The molecule has 32 heavy (non-hydrogen) atoms. The summed E-state index contributed by atoms with van der Waals surface area (Å²) in [5, 5.41) is 4.98. The van der Waals surface area contributed by atoms with E-state index in [0.717, 1.165) is 33.4 Å². The molecule has 4 rings (SSSR count). The molecule has 2 heterocycles. The minimum atomic E-state index is -0.102. The summed E-state index contributed by atoms with van der Waals surface area (Å²) in [4.78, 5) is 18.0. The van der Waals surface area contributed by atoms with Crippen LogP contribution in [0.25, 0.3) is 10.9 Å². The number of thiocarbonyl (C=S) groups is 1. The van der Waals surface area contributed by atoms with E-state index in [9.17, 15) is 4.79 Å². The maximum Gasteiger partial charge on any atom is 0.253 e. The van der Waals surface area contributed by atoms with Crippen LogP contribution in [0.3, 0.4) is 0 Å². The van der Waals surface area contributed by atoms with E-state index in [-0.39, 0.29) is 11.6 Å². The highest BCUT2D eigenvalue weighted by Crippen LogP contribution is 2.20. The Hall–Kier alpha value is -3.38. The largest absolute Gasteiger partial charge is 0.467 e. The number of aryl methyl sites for hydroxylation is 2. The highest BCUT2D eigenvalue weighted by Gasteiger charge is 2.18. The van der Waals surface area contributed by atoms with Gasteiger partial charge in [-0.3, -0.25) is 4.79 Å². The van der Waals surface area contributed by atoms with Crippen LogP contribution in [0.2, 0.25) is 0 Å². The van der Waals surface area contributed by atoms with E-state index in [1.807, 2.05) is 61.2 Å². The molecule has 0 saturated heterocycles. The van der Waals surface area contributed by atoms with Crippen molar-refractivity contribution < 1.29 is 4.42 Å². The quantitative estimate of drug-likeness (QED) is 0.391. The SMILES string of the molecule is Cc1ccc2cc(CN(Cc3ccco3)C(=S)NC(C)c3ccccc3)c(=O)[nH]c2c1C. The van der Waals surface area contributed by atoms with E-state index >= 15 is 0 Å². The smallest absolute Gasteiger partial charge is 0.253 e. The van der Waals surface area contributed by atoms with Crippen LogP contribution in [-0.2, 0) is 13.1 Å². The summed E-state index contributed by atoms with van der Waals surface area (Å²) in [6.45, 7) is 6.97. The van der Waals surface area contributed by atoms with Crippen LogP contribution in [0.5, 0.6) is 0 Å². The third-order valence-electron chi connectivity index (χ3n) is 5.84. The molecular formula is C26H27N3O2S. The number of nitrogens with zero attached hydrogens (tertiary/aromatic N) is 1. The number of hydrogen-bond acceptors (Lipinski definition) is 3. The second-order valence-corrected chi connectivity index (χ2v) is 8.50. The van der Waals surface area contributed by atoms with Gasteiger partial charge >= 0.3 is 0 Å². The minimum Gasteiger partial charge on any atom is -0.467 e. The molecule has 1 unspecified atom stereocenters. The lowest BCUT2D eigenvalue weighted by Gasteiger charge is -2.27. The van der Waals surface area contributed by atoms with E-state index in [2.05, 4.69) is 35.4 Å². The van der Waals surface area contributed by atoms with Crippen LogP contribution in [0.4, 0.5) is 0 Å². The molecule has 1 atom stereocenters. The molecule has 6 heteroatoms. The van der Waals surface area contributed by atoms with Gasteiger partial charge in [-0.15, -0.1) is 0 Å². The first-order chi connectivity index (χ1) is 15.4. The first-order valence-electron chi connectivity index (χ1n) is 10.7. The van der Waals surface area contributed by atoms with Crippen molar-refractivity contribution in [1.29, 1.82) is 0 Å². The van der Waals surface area contributed by atoms with Gasteiger partial charge in [0.1, 0.15) is 5.76 Å². The maximum absolute atomic E-state index is 12.9. The van der Waals surface area contributed by atoms with Gasteiger partial charge in [-0.2, -0.15) is 0 Å². The molecule has 0 aliphatic rings. The fraction of sp³-hybridized carbons (Fsp3) is 0.231. The summed E-state index contributed by atoms with van der Waals surface area (Å²) in [6, 6.07) is 20.0. The number of fused-ring (bicyclic) bond motifs is 1. The molecule has 4 aromatic rings. The van der Waals surface area contributed by atoms with Gasteiger partial charge in [0.05, 0.1) is 30.9 Å². The molecule has 0 bridgehead atoms. The van der Waals surface area contributed by atoms with Crippen molar-refractivity contribution in [3.05, 3.63) is 105 Å². The molecule has 2 aromatic carbocycles. The number of H-pyrrole nitrogens is 1. The number of benzene rings is 2. The summed E-state index contributed by atoms with van der Waals surface area (Å²) in [5.74, 6) is 0.783. The number of aromatic nitrogens is 1. The molecule has 0 spiro atoms. The fourth-order valence-corrected chi connectivity index (χ4v) is 4.09. The normalized spacial score (nSPS) is 12.0. The van der Waals surface area contributed by atoms with Gasteiger partial charge in [-0.1, -0.05) is 42.5 Å². The van der Waals surface area contributed by atoms with E-state index < -0.39 is 0 Å². The van der Waals surface area contributed by atoms with Crippen molar-refractivity contribution in [2.75, 3.05) is 0 Å². The Morgan fingerprint density at radius 1 is 1.09 bits per heavy atom. The molecule has 0 radical (unpaired) electrons. The van der Waals surface area contributed by atoms with E-state index in [1.165, 1.54) is 0 Å². The first kappa shape index (κ1) is 21.8. The topological polar surface area (TPSA) is 61.3 Å². The monoisotopic (exact) mass is 445 g/mol. The van der Waals surface area contributed by atoms with Crippen LogP contribution < -0.4 is 10.9 Å². The van der Waals surface area contributed by atoms with Crippen molar-refractivity contribution in [3.8, 4) is 0 Å². The summed E-state index contributed by atoms with van der Waals surface area (Å²) in [5.41, 5.74) is 4.82. The summed E-state index contributed by atoms with van der Waals surface area (Å²) < 4.78 is 5.56. The van der Waals surface area contributed by atoms with Crippen molar-refractivity contribution in [2.24, 2.45) is 0 Å². The molecular weight excluding hydrogens is 418 g/mol. The highest BCUT2D eigenvalue weighted by atomic mass is 32.1. The Morgan fingerprint density at radius 3 is 2.59 bits per heavy atom. The number of furan rings is 1. The zero-order valence-corrected chi connectivity index (χ0v) is 19.3. The number of hydrogen-bond donors (Lipinski definition) is 2. The number of pyridine rings is 1. The highest BCUT2D eigenvalue weighted by molar-refractivity contribution is 7.80. The fourth-order valence-electron chi connectivity index (χ4n) is 3.78. The second-order valence-electron chi connectivity index (χ2n) is 8.11. The first-order valence-corrected chi connectivity index (χ1v) is 11.1. The molecule has 2 aromatic heterocycles. The summed E-state index contributed by atoms with van der Waals surface area (Å²) in [7, 11) is 0. The minimum absolute atomic E-state index is 0.0308. The average Bonchev–Trinajstić information content (AvgIpc) is 3.30. The standard InChI is InChI=1S/C26H27N3O2S/c1-17-11-12-21-14-22(25(30)28-24(21)18(17)2)15-29(16-23-10-7-13-31-23)26(32)27-19(3)20-8-5-4-6-9-20/h4-14,19H,15-16H2,1-3H3,(H,27,32)(H,28,30). The number of aromatic amines is 1. The van der Waals surface area contributed by atoms with Gasteiger partial charge in [0.15, 0.2) is 5.11 Å². The second kappa shape index (κ2) is 9.40. The van der Waals surface area contributed by atoms with Crippen LogP contribution in [0.1, 0.15) is 41.0 Å². The van der Waals surface area contributed by atoms with Crippen molar-refractivity contribution in [3.63, 3.8) is 0 Å². The summed E-state index contributed by atoms with van der Waals surface area (Å²) in [6.07, 6.45) is 1.64. The lowest BCUT2D eigenvalue weighted by Crippen LogP contribution is -2.41. The zero-order chi connectivity index (χ0) is 22.7. The molecule has 0 aliphatic heterocycles. The molecule has 0 saturated carbocycles. The number of rotatable bonds is 6. The predicted molar refractivity (Wildman–Crippen MR) is 133 cm³/mol. The zero-order valence-electron chi connectivity index (χ0n) is 18.5. The lowest BCUT2D eigenvalue weighted by molar-refractivity contribution is 0.347. The Balaban J connectivity index is 1.62. The Bertz CT molecular complexity index is 1280. The average molecular weight is 446 g/mol. The lowest BCUT2D eigenvalue weighted by atomic mass is 10.0. The van der Waals surface area contributed by atoms with E-state index in [4.69, 9.17) is 16.6 Å². The van der Waals surface area contributed by atoms with Crippen LogP contribution in [-0.4, -0.2) is 15.0 Å². The molecule has 0 fully saturated rings. The van der Waals surface area contributed by atoms with Gasteiger partial charge < -0.3 is 19.6 Å². The van der Waals surface area contributed by atoms with Gasteiger partial charge in [-0.25, -0.2) is 0 Å². The Kier molecular flexibility index (Phi) is 6.42. The predicted octanol–water partition coefficient (Wildman–Crippen LogP) is 5.38. The van der Waals surface area contributed by atoms with E-state index in [0.29, 0.717) is 23.8 Å². The Labute approximate surface area is 193 Å². The van der Waals surface area contributed by atoms with Crippen molar-refractivity contribution in [2.45, 2.75) is 39.9 Å². The van der Waals surface area contributed by atoms with Gasteiger partial charge in [-0.05, 0) is 73.3 Å². The molecule has 2 N–H and O–H groups in total. The number of nitrogens with one attached hydrogen (secondary N) is 2. The van der Waals surface area contributed by atoms with Gasteiger partial charge in [0, 0.05) is 5.56 Å². The Morgan fingerprint density at radius 2 is 1.88 bits per heavy atom. The molecule has 0 aliphatic carbocycles. The van der Waals surface area contributed by atoms with Gasteiger partial charge in [0.2, 0.25) is 0 Å². The van der Waals surface area contributed by atoms with Gasteiger partial charge in [0.25, 0.3) is 5.56 Å².